The maximum Gasteiger partial charge on any atom is 0.308 e. The summed E-state index contributed by atoms with van der Waals surface area (Å²) in [5.74, 6) is -0.674. The Bertz CT molecular complexity index is 566. The first kappa shape index (κ1) is 14.1. The van der Waals surface area contributed by atoms with Crippen LogP contribution in [0.25, 0.3) is 0 Å². The Kier molecular flexibility index (Phi) is 3.69. The van der Waals surface area contributed by atoms with E-state index < -0.39 is 11.9 Å². The van der Waals surface area contributed by atoms with Gasteiger partial charge in [0.05, 0.1) is 5.92 Å². The summed E-state index contributed by atoms with van der Waals surface area (Å²) in [4.78, 5) is 25.5. The van der Waals surface area contributed by atoms with Crippen molar-refractivity contribution < 1.29 is 19.2 Å². The van der Waals surface area contributed by atoms with E-state index >= 15 is 0 Å². The van der Waals surface area contributed by atoms with Crippen LogP contribution < -0.4 is 0 Å². The Hall–Kier alpha value is -1.85. The fourth-order valence-corrected chi connectivity index (χ4v) is 3.42. The average Bonchev–Trinajstić information content (AvgIpc) is 2.95. The number of carboxylic acid groups (broad SMARTS) is 1. The zero-order valence-corrected chi connectivity index (χ0v) is 12.2. The number of amides is 1. The molecule has 0 spiro atoms. The maximum atomic E-state index is 12.7. The molecule has 0 radical (unpaired) electrons. The molecule has 1 amide bonds. The van der Waals surface area contributed by atoms with Crippen LogP contribution in [0.15, 0.2) is 4.52 Å². The molecule has 1 aromatic rings. The Labute approximate surface area is 123 Å². The second kappa shape index (κ2) is 5.50. The molecule has 1 aliphatic carbocycles. The van der Waals surface area contributed by atoms with Crippen LogP contribution in [0.3, 0.4) is 0 Å². The summed E-state index contributed by atoms with van der Waals surface area (Å²) in [7, 11) is 0. The van der Waals surface area contributed by atoms with Gasteiger partial charge in [-0.15, -0.1) is 0 Å². The van der Waals surface area contributed by atoms with Gasteiger partial charge < -0.3 is 14.5 Å². The van der Waals surface area contributed by atoms with E-state index in [0.717, 1.165) is 43.4 Å². The lowest BCUT2D eigenvalue weighted by Crippen LogP contribution is -2.38. The molecule has 0 saturated carbocycles. The van der Waals surface area contributed by atoms with Gasteiger partial charge in [0, 0.05) is 24.6 Å². The van der Waals surface area contributed by atoms with Crippen LogP contribution >= 0.6 is 0 Å². The van der Waals surface area contributed by atoms with E-state index in [9.17, 15) is 14.7 Å². The third kappa shape index (κ3) is 2.43. The van der Waals surface area contributed by atoms with Gasteiger partial charge in [-0.2, -0.15) is 0 Å². The number of likely N-dealkylation sites (tertiary alicyclic amines) is 1. The van der Waals surface area contributed by atoms with E-state index in [1.165, 1.54) is 0 Å². The minimum absolute atomic E-state index is 0.182. The maximum absolute atomic E-state index is 12.7. The molecule has 2 unspecified atom stereocenters. The second-order valence-electron chi connectivity index (χ2n) is 5.97. The van der Waals surface area contributed by atoms with Crippen LogP contribution in [0.2, 0.25) is 0 Å². The number of nitrogens with zero attached hydrogens (tertiary/aromatic N) is 2. The van der Waals surface area contributed by atoms with Crippen LogP contribution in [-0.2, 0) is 17.6 Å². The Balaban J connectivity index is 1.83. The molecule has 2 aliphatic rings. The van der Waals surface area contributed by atoms with E-state index in [1.807, 2.05) is 0 Å². The van der Waals surface area contributed by atoms with E-state index in [-0.39, 0.29) is 11.9 Å². The summed E-state index contributed by atoms with van der Waals surface area (Å²) in [6, 6.07) is -0.298. The Morgan fingerprint density at radius 3 is 2.76 bits per heavy atom. The van der Waals surface area contributed by atoms with Crippen molar-refractivity contribution in [1.29, 1.82) is 0 Å². The highest BCUT2D eigenvalue weighted by Crippen LogP contribution is 2.29. The fraction of sp³-hybridized carbons (Fsp3) is 0.667. The number of rotatable bonds is 2. The molecule has 1 aromatic heterocycles. The zero-order valence-electron chi connectivity index (χ0n) is 12.2. The van der Waals surface area contributed by atoms with Crippen molar-refractivity contribution >= 4 is 11.9 Å². The summed E-state index contributed by atoms with van der Waals surface area (Å²) in [6.07, 6.45) is 5.41. The molecule has 2 heterocycles. The second-order valence-corrected chi connectivity index (χ2v) is 5.97. The highest BCUT2D eigenvalue weighted by molar-refractivity contribution is 5.94. The molecule has 1 N–H and O–H groups in total. The summed E-state index contributed by atoms with van der Waals surface area (Å²) < 4.78 is 5.34. The van der Waals surface area contributed by atoms with Gasteiger partial charge in [-0.1, -0.05) is 11.6 Å². The van der Waals surface area contributed by atoms with Gasteiger partial charge in [0.15, 0.2) is 5.69 Å². The standard InChI is InChI=1S/C15H20N2O4/c1-9-10(15(19)20)7-8-17(9)14(18)13-11-5-3-2-4-6-12(11)21-16-13/h9-10H,2-8H2,1H3,(H,19,20). The molecule has 114 valence electrons. The third-order valence-electron chi connectivity index (χ3n) is 4.74. The number of hydrogen-bond donors (Lipinski definition) is 1. The van der Waals surface area contributed by atoms with Crippen molar-refractivity contribution in [3.8, 4) is 0 Å². The highest BCUT2D eigenvalue weighted by Gasteiger charge is 2.40. The Morgan fingerprint density at radius 2 is 2.05 bits per heavy atom. The normalized spacial score (nSPS) is 25.5. The summed E-state index contributed by atoms with van der Waals surface area (Å²) in [6.45, 7) is 2.26. The van der Waals surface area contributed by atoms with E-state index in [4.69, 9.17) is 4.52 Å². The largest absolute Gasteiger partial charge is 0.481 e. The molecule has 1 fully saturated rings. The molecule has 6 nitrogen and oxygen atoms in total. The van der Waals surface area contributed by atoms with Crippen molar-refractivity contribution in [2.75, 3.05) is 6.54 Å². The highest BCUT2D eigenvalue weighted by atomic mass is 16.5. The van der Waals surface area contributed by atoms with E-state index in [0.29, 0.717) is 18.7 Å². The molecular weight excluding hydrogens is 272 g/mol. The van der Waals surface area contributed by atoms with E-state index in [1.54, 1.807) is 11.8 Å². The number of carboxylic acids is 1. The molecule has 6 heteroatoms. The van der Waals surface area contributed by atoms with Gasteiger partial charge >= 0.3 is 5.97 Å². The van der Waals surface area contributed by atoms with Crippen molar-refractivity contribution in [1.82, 2.24) is 10.1 Å². The van der Waals surface area contributed by atoms with Gasteiger partial charge in [-0.05, 0) is 32.6 Å². The molecular formula is C15H20N2O4. The molecule has 1 aliphatic heterocycles. The van der Waals surface area contributed by atoms with Gasteiger partial charge in [0.2, 0.25) is 0 Å². The number of aryl methyl sites for hydroxylation is 1. The molecule has 1 saturated heterocycles. The summed E-state index contributed by atoms with van der Waals surface area (Å²) >= 11 is 0. The number of carbonyl (C=O) groups excluding carboxylic acids is 1. The molecule has 0 bridgehead atoms. The van der Waals surface area contributed by atoms with Gasteiger partial charge in [0.1, 0.15) is 5.76 Å². The minimum atomic E-state index is -0.836. The first-order valence-corrected chi connectivity index (χ1v) is 7.60. The molecule has 2 atom stereocenters. The molecule has 0 aromatic carbocycles. The zero-order chi connectivity index (χ0) is 15.0. The van der Waals surface area contributed by atoms with Crippen LogP contribution in [-0.4, -0.2) is 39.6 Å². The lowest BCUT2D eigenvalue weighted by atomic mass is 10.0. The number of carbonyl (C=O) groups is 2. The van der Waals surface area contributed by atoms with Gasteiger partial charge in [-0.3, -0.25) is 9.59 Å². The quantitative estimate of drug-likeness (QED) is 0.841. The number of aromatic nitrogens is 1. The molecule has 3 rings (SSSR count). The van der Waals surface area contributed by atoms with E-state index in [2.05, 4.69) is 5.16 Å². The lowest BCUT2D eigenvalue weighted by molar-refractivity contribution is -0.142. The average molecular weight is 292 g/mol. The first-order chi connectivity index (χ1) is 10.1. The third-order valence-corrected chi connectivity index (χ3v) is 4.74. The van der Waals surface area contributed by atoms with Gasteiger partial charge in [0.25, 0.3) is 5.91 Å². The summed E-state index contributed by atoms with van der Waals surface area (Å²) in [5.41, 5.74) is 1.33. The van der Waals surface area contributed by atoms with Gasteiger partial charge in [-0.25, -0.2) is 0 Å². The smallest absolute Gasteiger partial charge is 0.308 e. The number of fused-ring (bicyclic) bond motifs is 1. The van der Waals surface area contributed by atoms with Crippen molar-refractivity contribution in [3.05, 3.63) is 17.0 Å². The van der Waals surface area contributed by atoms with Crippen LogP contribution in [0.1, 0.15) is 54.4 Å². The van der Waals surface area contributed by atoms with Crippen LogP contribution in [0.4, 0.5) is 0 Å². The predicted molar refractivity (Wildman–Crippen MR) is 74.0 cm³/mol. The number of aliphatic carboxylic acids is 1. The van der Waals surface area contributed by atoms with Crippen LogP contribution in [0, 0.1) is 5.92 Å². The van der Waals surface area contributed by atoms with Crippen molar-refractivity contribution in [2.45, 2.75) is 51.5 Å². The minimum Gasteiger partial charge on any atom is -0.481 e. The SMILES string of the molecule is CC1C(C(=O)O)CCN1C(=O)c1noc2c1CCCCC2. The first-order valence-electron chi connectivity index (χ1n) is 7.60. The number of hydrogen-bond acceptors (Lipinski definition) is 4. The fourth-order valence-electron chi connectivity index (χ4n) is 3.42. The molecule has 21 heavy (non-hydrogen) atoms. The van der Waals surface area contributed by atoms with Crippen molar-refractivity contribution in [2.24, 2.45) is 5.92 Å². The summed E-state index contributed by atoms with van der Waals surface area (Å²) in [5, 5.41) is 13.1. The Morgan fingerprint density at radius 1 is 1.29 bits per heavy atom. The van der Waals surface area contributed by atoms with Crippen molar-refractivity contribution in [3.63, 3.8) is 0 Å². The topological polar surface area (TPSA) is 83.6 Å². The van der Waals surface area contributed by atoms with Crippen LogP contribution in [0.5, 0.6) is 0 Å². The predicted octanol–water partition coefficient (Wildman–Crippen LogP) is 1.88. The monoisotopic (exact) mass is 292 g/mol. The lowest BCUT2D eigenvalue weighted by Gasteiger charge is -2.22.